The second-order valence-corrected chi connectivity index (χ2v) is 6.26. The SMILES string of the molecule is CCC1CN(CC2C(=O)CC(C)CC2C)CCO1. The maximum absolute atomic E-state index is 12.2. The summed E-state index contributed by atoms with van der Waals surface area (Å²) in [6, 6.07) is 0. The van der Waals surface area contributed by atoms with Gasteiger partial charge in [0.2, 0.25) is 0 Å². The number of hydrogen-bond donors (Lipinski definition) is 0. The fourth-order valence-electron chi connectivity index (χ4n) is 3.45. The van der Waals surface area contributed by atoms with Crippen molar-refractivity contribution >= 4 is 5.78 Å². The molecule has 3 heteroatoms. The number of carbonyl (C=O) groups excluding carboxylic acids is 1. The lowest BCUT2D eigenvalue weighted by Gasteiger charge is -2.38. The monoisotopic (exact) mass is 253 g/mol. The molecular weight excluding hydrogens is 226 g/mol. The van der Waals surface area contributed by atoms with Gasteiger partial charge in [-0.3, -0.25) is 9.69 Å². The number of ether oxygens (including phenoxy) is 1. The number of rotatable bonds is 3. The lowest BCUT2D eigenvalue weighted by molar-refractivity contribution is -0.129. The minimum atomic E-state index is 0.261. The van der Waals surface area contributed by atoms with Crippen molar-refractivity contribution in [3.63, 3.8) is 0 Å². The fourth-order valence-corrected chi connectivity index (χ4v) is 3.45. The summed E-state index contributed by atoms with van der Waals surface area (Å²) in [4.78, 5) is 14.6. The maximum atomic E-state index is 12.2. The van der Waals surface area contributed by atoms with Gasteiger partial charge in [0.15, 0.2) is 0 Å². The third kappa shape index (κ3) is 3.33. The summed E-state index contributed by atoms with van der Waals surface area (Å²) in [5.74, 6) is 1.87. The van der Waals surface area contributed by atoms with Gasteiger partial charge >= 0.3 is 0 Å². The highest BCUT2D eigenvalue weighted by molar-refractivity contribution is 5.82. The Kier molecular flexibility index (Phi) is 4.79. The summed E-state index contributed by atoms with van der Waals surface area (Å²) in [6.07, 6.45) is 3.43. The largest absolute Gasteiger partial charge is 0.376 e. The molecule has 0 amide bonds. The van der Waals surface area contributed by atoms with E-state index in [1.54, 1.807) is 0 Å². The van der Waals surface area contributed by atoms with Crippen LogP contribution >= 0.6 is 0 Å². The molecule has 104 valence electrons. The molecule has 2 fully saturated rings. The van der Waals surface area contributed by atoms with Crippen LogP contribution in [0.3, 0.4) is 0 Å². The Morgan fingerprint density at radius 3 is 2.83 bits per heavy atom. The highest BCUT2D eigenvalue weighted by Crippen LogP contribution is 2.31. The Morgan fingerprint density at radius 2 is 2.17 bits per heavy atom. The minimum absolute atomic E-state index is 0.261. The smallest absolute Gasteiger partial charge is 0.137 e. The molecule has 2 aliphatic rings. The molecule has 4 unspecified atom stereocenters. The van der Waals surface area contributed by atoms with Crippen LogP contribution in [0.25, 0.3) is 0 Å². The molecule has 1 saturated heterocycles. The third-order valence-electron chi connectivity index (χ3n) is 4.56. The van der Waals surface area contributed by atoms with E-state index in [1.807, 2.05) is 0 Å². The molecule has 0 N–H and O–H groups in total. The van der Waals surface area contributed by atoms with Gasteiger partial charge in [0, 0.05) is 32.0 Å². The van der Waals surface area contributed by atoms with Crippen LogP contribution in [-0.4, -0.2) is 43.0 Å². The Hall–Kier alpha value is -0.410. The molecule has 1 aliphatic carbocycles. The van der Waals surface area contributed by atoms with Crippen LogP contribution < -0.4 is 0 Å². The molecule has 0 bridgehead atoms. The third-order valence-corrected chi connectivity index (χ3v) is 4.56. The molecule has 3 nitrogen and oxygen atoms in total. The normalized spacial score (nSPS) is 38.9. The molecule has 1 saturated carbocycles. The molecule has 0 radical (unpaired) electrons. The zero-order valence-corrected chi connectivity index (χ0v) is 12.0. The van der Waals surface area contributed by atoms with Gasteiger partial charge in [-0.05, 0) is 24.7 Å². The Bertz CT molecular complexity index is 292. The van der Waals surface area contributed by atoms with Gasteiger partial charge in [0.1, 0.15) is 5.78 Å². The van der Waals surface area contributed by atoms with E-state index in [9.17, 15) is 4.79 Å². The zero-order valence-electron chi connectivity index (χ0n) is 12.0. The number of carbonyl (C=O) groups is 1. The van der Waals surface area contributed by atoms with E-state index in [2.05, 4.69) is 25.7 Å². The van der Waals surface area contributed by atoms with Gasteiger partial charge in [0.05, 0.1) is 12.7 Å². The first-order chi connectivity index (χ1) is 8.60. The molecule has 0 aromatic rings. The second kappa shape index (κ2) is 6.16. The predicted octanol–water partition coefficient (Wildman–Crippen LogP) is 2.35. The van der Waals surface area contributed by atoms with E-state index in [-0.39, 0.29) is 5.92 Å². The van der Waals surface area contributed by atoms with Gasteiger partial charge in [-0.25, -0.2) is 0 Å². The van der Waals surface area contributed by atoms with Gasteiger partial charge in [-0.2, -0.15) is 0 Å². The summed E-state index contributed by atoms with van der Waals surface area (Å²) in [5, 5.41) is 0. The summed E-state index contributed by atoms with van der Waals surface area (Å²) in [6.45, 7) is 10.4. The molecule has 1 heterocycles. The van der Waals surface area contributed by atoms with Crippen molar-refractivity contribution in [2.45, 2.75) is 46.1 Å². The van der Waals surface area contributed by atoms with Crippen molar-refractivity contribution < 1.29 is 9.53 Å². The van der Waals surface area contributed by atoms with E-state index >= 15 is 0 Å². The van der Waals surface area contributed by atoms with Crippen molar-refractivity contribution in [3.05, 3.63) is 0 Å². The van der Waals surface area contributed by atoms with Gasteiger partial charge in [-0.1, -0.05) is 20.8 Å². The van der Waals surface area contributed by atoms with E-state index in [1.165, 1.54) is 6.42 Å². The van der Waals surface area contributed by atoms with Crippen molar-refractivity contribution in [2.24, 2.45) is 17.8 Å². The molecule has 4 atom stereocenters. The van der Waals surface area contributed by atoms with Crippen LogP contribution in [0.2, 0.25) is 0 Å². The first-order valence-corrected chi connectivity index (χ1v) is 7.46. The number of nitrogens with zero attached hydrogens (tertiary/aromatic N) is 1. The van der Waals surface area contributed by atoms with Gasteiger partial charge in [0.25, 0.3) is 0 Å². The molecule has 0 spiro atoms. The average Bonchev–Trinajstić information content (AvgIpc) is 2.34. The van der Waals surface area contributed by atoms with E-state index in [0.717, 1.165) is 39.1 Å². The molecule has 2 rings (SSSR count). The van der Waals surface area contributed by atoms with Crippen LogP contribution in [0.4, 0.5) is 0 Å². The zero-order chi connectivity index (χ0) is 13.1. The number of morpholine rings is 1. The summed E-state index contributed by atoms with van der Waals surface area (Å²) in [7, 11) is 0. The lowest BCUT2D eigenvalue weighted by atomic mass is 9.74. The maximum Gasteiger partial charge on any atom is 0.137 e. The van der Waals surface area contributed by atoms with Gasteiger partial charge in [-0.15, -0.1) is 0 Å². The van der Waals surface area contributed by atoms with Crippen molar-refractivity contribution in [1.82, 2.24) is 4.90 Å². The first-order valence-electron chi connectivity index (χ1n) is 7.46. The van der Waals surface area contributed by atoms with Crippen molar-refractivity contribution in [2.75, 3.05) is 26.2 Å². The molecule has 1 aliphatic heterocycles. The van der Waals surface area contributed by atoms with Crippen LogP contribution in [0.15, 0.2) is 0 Å². The highest BCUT2D eigenvalue weighted by Gasteiger charge is 2.34. The van der Waals surface area contributed by atoms with Crippen molar-refractivity contribution in [1.29, 1.82) is 0 Å². The lowest BCUT2D eigenvalue weighted by Crippen LogP contribution is -2.47. The second-order valence-electron chi connectivity index (χ2n) is 6.26. The number of ketones is 1. The van der Waals surface area contributed by atoms with E-state index < -0.39 is 0 Å². The standard InChI is InChI=1S/C15H27NO2/c1-4-13-9-16(5-6-18-13)10-14-12(3)7-11(2)8-15(14)17/h11-14H,4-10H2,1-3H3. The molecular formula is C15H27NO2. The molecule has 0 aromatic carbocycles. The van der Waals surface area contributed by atoms with E-state index in [0.29, 0.717) is 23.7 Å². The van der Waals surface area contributed by atoms with Crippen molar-refractivity contribution in [3.8, 4) is 0 Å². The predicted molar refractivity (Wildman–Crippen MR) is 72.5 cm³/mol. The average molecular weight is 253 g/mol. The highest BCUT2D eigenvalue weighted by atomic mass is 16.5. The first kappa shape index (κ1) is 14.0. The van der Waals surface area contributed by atoms with Gasteiger partial charge < -0.3 is 4.74 Å². The van der Waals surface area contributed by atoms with Crippen LogP contribution in [0, 0.1) is 17.8 Å². The molecule has 18 heavy (non-hydrogen) atoms. The number of hydrogen-bond acceptors (Lipinski definition) is 3. The quantitative estimate of drug-likeness (QED) is 0.773. The van der Waals surface area contributed by atoms with Crippen LogP contribution in [0.1, 0.15) is 40.0 Å². The minimum Gasteiger partial charge on any atom is -0.376 e. The topological polar surface area (TPSA) is 29.5 Å². The van der Waals surface area contributed by atoms with E-state index in [4.69, 9.17) is 4.74 Å². The molecule has 0 aromatic heterocycles. The summed E-state index contributed by atoms with van der Waals surface area (Å²) < 4.78 is 5.69. The fraction of sp³-hybridized carbons (Fsp3) is 0.933. The van der Waals surface area contributed by atoms with Crippen LogP contribution in [0.5, 0.6) is 0 Å². The summed E-state index contributed by atoms with van der Waals surface area (Å²) >= 11 is 0. The number of Topliss-reactive ketones (excluding diaryl/α,β-unsaturated/α-hetero) is 1. The Balaban J connectivity index is 1.89. The Labute approximate surface area is 111 Å². The Morgan fingerprint density at radius 1 is 1.39 bits per heavy atom. The summed E-state index contributed by atoms with van der Waals surface area (Å²) in [5.41, 5.74) is 0. The van der Waals surface area contributed by atoms with Crippen LogP contribution in [-0.2, 0) is 9.53 Å².